The molecule has 4 heteroatoms. The molecule has 0 saturated carbocycles. The first kappa shape index (κ1) is 36.6. The molecule has 0 aliphatic carbocycles. The molecule has 0 aliphatic heterocycles. The number of rotatable bonds is 2. The van der Waals surface area contributed by atoms with Crippen LogP contribution in [0.3, 0.4) is 0 Å². The fraction of sp³-hybridized carbons (Fsp3) is 0.625. The second-order valence-corrected chi connectivity index (χ2v) is 1.97. The van der Waals surface area contributed by atoms with Crippen molar-refractivity contribution in [2.45, 2.75) is 54.9 Å². The van der Waals surface area contributed by atoms with Gasteiger partial charge in [0, 0.05) is 0 Å². The summed E-state index contributed by atoms with van der Waals surface area (Å²) in [7, 11) is 0. The Morgan fingerprint density at radius 1 is 1.05 bits per heavy atom. The highest BCUT2D eigenvalue weighted by atomic mass is 79.9. The van der Waals surface area contributed by atoms with Gasteiger partial charge in [0.2, 0.25) is 6.93 Å². The number of hydrogen-bond acceptors (Lipinski definition) is 0. The molecule has 20 heavy (non-hydrogen) atoms. The molecular formula is C16H34BrF3. The lowest BCUT2D eigenvalue weighted by Gasteiger charge is -1.76. The predicted molar refractivity (Wildman–Crippen MR) is 94.8 cm³/mol. The van der Waals surface area contributed by atoms with Gasteiger partial charge in [-0.15, -0.1) is 6.58 Å². The Bertz CT molecular complexity index is 156. The maximum absolute atomic E-state index is 11.9. The Morgan fingerprint density at radius 3 is 1.35 bits per heavy atom. The van der Waals surface area contributed by atoms with Crippen molar-refractivity contribution in [2.75, 3.05) is 12.8 Å². The lowest BCUT2D eigenvalue weighted by molar-refractivity contribution is 0.295. The van der Waals surface area contributed by atoms with Crippen LogP contribution in [0.1, 0.15) is 54.9 Å². The summed E-state index contributed by atoms with van der Waals surface area (Å²) in [6, 6.07) is 0. The van der Waals surface area contributed by atoms with Crippen molar-refractivity contribution in [2.24, 2.45) is 0 Å². The Balaban J connectivity index is -0.0000000327. The van der Waals surface area contributed by atoms with Crippen LogP contribution in [0.4, 0.5) is 13.2 Å². The molecule has 0 rings (SSSR count). The normalized spacial score (nSPS) is 7.70. The van der Waals surface area contributed by atoms with Crippen LogP contribution < -0.4 is 0 Å². The third-order valence-electron chi connectivity index (χ3n) is 0.890. The molecule has 0 fully saturated rings. The van der Waals surface area contributed by atoms with Crippen molar-refractivity contribution in [3.8, 4) is 0 Å². The van der Waals surface area contributed by atoms with Gasteiger partial charge in [0.05, 0.1) is 0 Å². The first-order valence-corrected chi connectivity index (χ1v) is 8.28. The Labute approximate surface area is 134 Å². The van der Waals surface area contributed by atoms with Crippen molar-refractivity contribution in [3.63, 3.8) is 0 Å². The summed E-state index contributed by atoms with van der Waals surface area (Å²) in [6.45, 7) is 15.2. The first-order chi connectivity index (χ1) is 9.64. The van der Waals surface area contributed by atoms with Crippen LogP contribution in [0, 0.1) is 0 Å². The van der Waals surface area contributed by atoms with Gasteiger partial charge in [0.25, 0.3) is 0 Å². The van der Waals surface area contributed by atoms with E-state index in [1.807, 2.05) is 39.6 Å². The minimum atomic E-state index is -1.75. The molecule has 0 radical (unpaired) electrons. The molecule has 0 atom stereocenters. The molecule has 0 aromatic carbocycles. The van der Waals surface area contributed by atoms with Gasteiger partial charge < -0.3 is 0 Å². The summed E-state index contributed by atoms with van der Waals surface area (Å²) in [5, 5.41) is 0. The molecule has 0 aromatic rings. The fourth-order valence-corrected chi connectivity index (χ4v) is 0.255. The quantitative estimate of drug-likeness (QED) is 0.265. The molecule has 0 amide bonds. The standard InChI is InChI=1S/C6H9F.C4H8.2C2H6.CH3Br.CH2F2/c1-3-5-6(7)4-2;1-3-4-2;3*1-2;2-1-3/h3-5H,1-2H3;3H,1,4H2,2H3;2*1-2H3;1H3;1H2/b5-3-,6-4+;;;;;. The van der Waals surface area contributed by atoms with Gasteiger partial charge >= 0.3 is 0 Å². The van der Waals surface area contributed by atoms with Crippen LogP contribution in [-0.4, -0.2) is 12.8 Å². The number of hydrogen-bond donors (Lipinski definition) is 0. The summed E-state index contributed by atoms with van der Waals surface area (Å²) in [6.07, 6.45) is 7.45. The zero-order chi connectivity index (χ0) is 17.8. The minimum absolute atomic E-state index is 0.178. The van der Waals surface area contributed by atoms with Crippen LogP contribution >= 0.6 is 15.9 Å². The van der Waals surface area contributed by atoms with Crippen LogP contribution in [0.5, 0.6) is 0 Å². The second-order valence-electron chi connectivity index (χ2n) is 1.97. The van der Waals surface area contributed by atoms with Crippen molar-refractivity contribution in [1.29, 1.82) is 0 Å². The average Bonchev–Trinajstić information content (AvgIpc) is 2.54. The van der Waals surface area contributed by atoms with Crippen molar-refractivity contribution in [3.05, 3.63) is 36.7 Å². The molecule has 0 nitrogen and oxygen atoms in total. The predicted octanol–water partition coefficient (Wildman–Crippen LogP) is 7.96. The molecule has 0 spiro atoms. The number of allylic oxidation sites excluding steroid dienone is 5. The topological polar surface area (TPSA) is 0 Å². The van der Waals surface area contributed by atoms with Gasteiger partial charge in [-0.1, -0.05) is 68.8 Å². The van der Waals surface area contributed by atoms with Gasteiger partial charge in [-0.2, -0.15) is 0 Å². The van der Waals surface area contributed by atoms with Gasteiger partial charge in [0.15, 0.2) is 0 Å². The lowest BCUT2D eigenvalue weighted by atomic mass is 10.4. The smallest absolute Gasteiger partial charge is 0.214 e. The Hall–Kier alpha value is -0.510. The van der Waals surface area contributed by atoms with E-state index in [1.54, 1.807) is 19.9 Å². The summed E-state index contributed by atoms with van der Waals surface area (Å²) in [5.41, 5.74) is 0. The van der Waals surface area contributed by atoms with E-state index in [0.717, 1.165) is 6.42 Å². The van der Waals surface area contributed by atoms with Crippen molar-refractivity contribution >= 4 is 15.9 Å². The van der Waals surface area contributed by atoms with E-state index in [2.05, 4.69) is 29.4 Å². The maximum Gasteiger partial charge on any atom is 0.229 e. The van der Waals surface area contributed by atoms with Crippen molar-refractivity contribution < 1.29 is 13.2 Å². The van der Waals surface area contributed by atoms with E-state index < -0.39 is 6.93 Å². The van der Waals surface area contributed by atoms with Gasteiger partial charge in [-0.25, -0.2) is 13.2 Å². The summed E-state index contributed by atoms with van der Waals surface area (Å²) in [5.74, 6) is 1.63. The maximum atomic E-state index is 11.9. The summed E-state index contributed by atoms with van der Waals surface area (Å²) < 4.78 is 31.2. The second kappa shape index (κ2) is 78.5. The highest BCUT2D eigenvalue weighted by molar-refractivity contribution is 9.08. The largest absolute Gasteiger partial charge is 0.229 e. The Morgan fingerprint density at radius 2 is 1.30 bits per heavy atom. The molecule has 0 aliphatic rings. The molecule has 0 bridgehead atoms. The highest BCUT2D eigenvalue weighted by Gasteiger charge is 1.75. The van der Waals surface area contributed by atoms with E-state index in [0.29, 0.717) is 0 Å². The average molecular weight is 363 g/mol. The minimum Gasteiger partial charge on any atom is -0.214 e. The molecular weight excluding hydrogens is 329 g/mol. The van der Waals surface area contributed by atoms with E-state index in [9.17, 15) is 13.2 Å². The molecule has 0 heterocycles. The van der Waals surface area contributed by atoms with Crippen LogP contribution in [0.2, 0.25) is 0 Å². The lowest BCUT2D eigenvalue weighted by Crippen LogP contribution is -1.57. The molecule has 0 unspecified atom stereocenters. The van der Waals surface area contributed by atoms with E-state index in [1.165, 1.54) is 12.2 Å². The van der Waals surface area contributed by atoms with Crippen LogP contribution in [0.15, 0.2) is 36.7 Å². The van der Waals surface area contributed by atoms with Gasteiger partial charge in [-0.05, 0) is 32.2 Å². The summed E-state index contributed by atoms with van der Waals surface area (Å²) in [4.78, 5) is 0. The molecule has 126 valence electrons. The van der Waals surface area contributed by atoms with E-state index >= 15 is 0 Å². The first-order valence-electron chi connectivity index (χ1n) is 6.69. The number of halogens is 4. The van der Waals surface area contributed by atoms with Crippen LogP contribution in [-0.2, 0) is 0 Å². The Kier molecular flexibility index (Phi) is 144. The fourth-order valence-electron chi connectivity index (χ4n) is 0.255. The summed E-state index contributed by atoms with van der Waals surface area (Å²) >= 11 is 2.94. The molecule has 0 N–H and O–H groups in total. The third-order valence-corrected chi connectivity index (χ3v) is 0.890. The zero-order valence-corrected chi connectivity index (χ0v) is 16.0. The number of alkyl halides is 3. The highest BCUT2D eigenvalue weighted by Crippen LogP contribution is 1.95. The van der Waals surface area contributed by atoms with E-state index in [4.69, 9.17) is 0 Å². The van der Waals surface area contributed by atoms with Crippen LogP contribution in [0.25, 0.3) is 0 Å². The van der Waals surface area contributed by atoms with E-state index in [-0.39, 0.29) is 5.83 Å². The molecule has 0 aromatic heterocycles. The van der Waals surface area contributed by atoms with Gasteiger partial charge in [-0.3, -0.25) is 0 Å². The SMILES string of the molecule is C/C=C\C(F)=C/C.C=CCC.CBr.CC.CC.FCF. The third kappa shape index (κ3) is 158. The van der Waals surface area contributed by atoms with Gasteiger partial charge in [0.1, 0.15) is 5.83 Å². The zero-order valence-electron chi connectivity index (χ0n) is 14.4. The monoisotopic (exact) mass is 362 g/mol. The van der Waals surface area contributed by atoms with Crippen molar-refractivity contribution in [1.82, 2.24) is 0 Å². The molecule has 0 saturated heterocycles.